The number of rotatable bonds is 7. The van der Waals surface area contributed by atoms with Crippen LogP contribution in [0.5, 0.6) is 0 Å². The predicted octanol–water partition coefficient (Wildman–Crippen LogP) is 4.46. The van der Waals surface area contributed by atoms with E-state index in [1.807, 2.05) is 9.80 Å². The molecule has 0 radical (unpaired) electrons. The monoisotopic (exact) mass is 678 g/mol. The van der Waals surface area contributed by atoms with E-state index in [2.05, 4.69) is 79.1 Å². The first-order chi connectivity index (χ1) is 24.4. The van der Waals surface area contributed by atoms with Crippen LogP contribution in [0.3, 0.4) is 0 Å². The van der Waals surface area contributed by atoms with E-state index in [-0.39, 0.29) is 37.1 Å². The number of amides is 4. The van der Waals surface area contributed by atoms with Crippen LogP contribution in [-0.2, 0) is 19.1 Å². The van der Waals surface area contributed by atoms with Crippen molar-refractivity contribution < 1.29 is 28.7 Å². The number of aromatic amines is 2. The van der Waals surface area contributed by atoms with Gasteiger partial charge in [0.15, 0.2) is 0 Å². The highest BCUT2D eigenvalue weighted by Crippen LogP contribution is 2.35. The standard InChI is InChI=1S/C36H38N8O6/c45-33(25-13-17-49-35(47)41-25)43-15-1-3-29(43)31-37-19-27(39-31)23-9-5-21(6-10-23)22-7-11-24(12-8-22)28-20-38-32(40-28)30-4-2-16-44(30)34(46)26-14-18-50-36(48)42-26/h5-12,19-20,25-26,29-30H,1-4,13-18H2,(H,37,39)(H,38,40)(H,41,47)(H,42,48)/t25-,26-,29?,30?/m0/s1. The smallest absolute Gasteiger partial charge is 0.407 e. The Morgan fingerprint density at radius 3 is 1.40 bits per heavy atom. The number of imidazole rings is 2. The first kappa shape index (κ1) is 31.6. The first-order valence-corrected chi connectivity index (χ1v) is 17.2. The lowest BCUT2D eigenvalue weighted by Gasteiger charge is -2.30. The molecule has 14 heteroatoms. The molecule has 0 bridgehead atoms. The number of aromatic nitrogens is 4. The van der Waals surface area contributed by atoms with E-state index in [0.717, 1.165) is 71.0 Å². The van der Waals surface area contributed by atoms with Crippen LogP contribution >= 0.6 is 0 Å². The topological polar surface area (TPSA) is 175 Å². The van der Waals surface area contributed by atoms with Crippen molar-refractivity contribution in [1.29, 1.82) is 0 Å². The third-order valence-electron chi connectivity index (χ3n) is 10.1. The van der Waals surface area contributed by atoms with Gasteiger partial charge in [0.05, 0.1) is 49.1 Å². The van der Waals surface area contributed by atoms with E-state index in [1.54, 1.807) is 12.4 Å². The van der Waals surface area contributed by atoms with Crippen LogP contribution in [0.2, 0.25) is 0 Å². The summed E-state index contributed by atoms with van der Waals surface area (Å²) in [7, 11) is 0. The van der Waals surface area contributed by atoms with Crippen LogP contribution in [0.1, 0.15) is 62.3 Å². The second-order valence-electron chi connectivity index (χ2n) is 13.1. The van der Waals surface area contributed by atoms with Crippen molar-refractivity contribution in [2.45, 2.75) is 62.7 Å². The summed E-state index contributed by atoms with van der Waals surface area (Å²) in [5, 5.41) is 5.28. The van der Waals surface area contributed by atoms with E-state index in [0.29, 0.717) is 25.9 Å². The molecule has 4 atom stereocenters. The molecule has 0 saturated carbocycles. The summed E-state index contributed by atoms with van der Waals surface area (Å²) >= 11 is 0. The van der Waals surface area contributed by atoms with Gasteiger partial charge in [0.25, 0.3) is 0 Å². The van der Waals surface area contributed by atoms with Gasteiger partial charge < -0.3 is 39.9 Å². The lowest BCUT2D eigenvalue weighted by Crippen LogP contribution is -2.51. The zero-order chi connectivity index (χ0) is 34.2. The average molecular weight is 679 g/mol. The van der Waals surface area contributed by atoms with Crippen molar-refractivity contribution in [3.8, 4) is 33.6 Å². The molecule has 6 heterocycles. The number of carbonyl (C=O) groups is 4. The van der Waals surface area contributed by atoms with Gasteiger partial charge in [-0.3, -0.25) is 9.59 Å². The van der Waals surface area contributed by atoms with Crippen molar-refractivity contribution in [2.75, 3.05) is 26.3 Å². The van der Waals surface area contributed by atoms with Crippen molar-refractivity contribution in [3.05, 3.63) is 72.6 Å². The Kier molecular flexibility index (Phi) is 8.43. The summed E-state index contributed by atoms with van der Waals surface area (Å²) in [6.45, 7) is 1.73. The number of likely N-dealkylation sites (tertiary alicyclic amines) is 2. The molecule has 4 fully saturated rings. The lowest BCUT2D eigenvalue weighted by molar-refractivity contribution is -0.136. The Hall–Kier alpha value is -5.66. The number of cyclic esters (lactones) is 2. The Bertz CT molecular complexity index is 1770. The molecule has 8 rings (SSSR count). The highest BCUT2D eigenvalue weighted by atomic mass is 16.6. The summed E-state index contributed by atoms with van der Waals surface area (Å²) in [6.07, 6.45) is 6.78. The van der Waals surface area contributed by atoms with Crippen molar-refractivity contribution in [1.82, 2.24) is 40.4 Å². The predicted molar refractivity (Wildman–Crippen MR) is 180 cm³/mol. The summed E-state index contributed by atoms with van der Waals surface area (Å²) in [4.78, 5) is 69.5. The van der Waals surface area contributed by atoms with Gasteiger partial charge in [-0.2, -0.15) is 0 Å². The molecule has 4 N–H and O–H groups in total. The minimum atomic E-state index is -0.570. The van der Waals surface area contributed by atoms with Crippen LogP contribution < -0.4 is 10.6 Å². The van der Waals surface area contributed by atoms with E-state index in [9.17, 15) is 19.2 Å². The molecule has 2 aromatic heterocycles. The van der Waals surface area contributed by atoms with Crippen LogP contribution in [0.25, 0.3) is 33.6 Å². The number of nitrogens with one attached hydrogen (secondary N) is 4. The van der Waals surface area contributed by atoms with Gasteiger partial charge in [-0.25, -0.2) is 19.6 Å². The molecule has 0 aliphatic carbocycles. The fourth-order valence-electron chi connectivity index (χ4n) is 7.44. The van der Waals surface area contributed by atoms with Crippen LogP contribution in [0, 0.1) is 0 Å². The molecule has 14 nitrogen and oxygen atoms in total. The fourth-order valence-corrected chi connectivity index (χ4v) is 7.44. The molecule has 50 heavy (non-hydrogen) atoms. The number of carbonyl (C=O) groups excluding carboxylic acids is 4. The van der Waals surface area contributed by atoms with E-state index < -0.39 is 24.3 Å². The molecule has 4 aromatic rings. The molecular formula is C36H38N8O6. The summed E-state index contributed by atoms with van der Waals surface area (Å²) in [5.74, 6) is 1.29. The second kappa shape index (κ2) is 13.3. The average Bonchev–Trinajstić information content (AvgIpc) is 3.98. The SMILES string of the molecule is O=C1N[C@H](C(=O)N2CCCC2c2ncc(-c3ccc(-c4ccc(-c5cnc(C6CCCN6C(=O)[C@@H]6CCOC(=O)N6)[nH]5)cc4)cc3)[nH]2)CCO1. The van der Waals surface area contributed by atoms with Crippen LogP contribution in [0.4, 0.5) is 9.59 Å². The molecule has 258 valence electrons. The van der Waals surface area contributed by atoms with E-state index in [1.165, 1.54) is 0 Å². The molecular weight excluding hydrogens is 640 g/mol. The highest BCUT2D eigenvalue weighted by Gasteiger charge is 2.39. The Morgan fingerprint density at radius 1 is 0.600 bits per heavy atom. The molecule has 4 saturated heterocycles. The highest BCUT2D eigenvalue weighted by molar-refractivity contribution is 5.87. The third kappa shape index (κ3) is 6.16. The quantitative estimate of drug-likeness (QED) is 0.222. The van der Waals surface area contributed by atoms with E-state index >= 15 is 0 Å². The van der Waals surface area contributed by atoms with Gasteiger partial charge in [0.2, 0.25) is 11.8 Å². The van der Waals surface area contributed by atoms with Crippen LogP contribution in [0.15, 0.2) is 60.9 Å². The maximum Gasteiger partial charge on any atom is 0.407 e. The van der Waals surface area contributed by atoms with Gasteiger partial charge >= 0.3 is 12.2 Å². The molecule has 0 spiro atoms. The maximum absolute atomic E-state index is 13.2. The van der Waals surface area contributed by atoms with Gasteiger partial charge in [0, 0.05) is 25.9 Å². The zero-order valence-corrected chi connectivity index (χ0v) is 27.4. The first-order valence-electron chi connectivity index (χ1n) is 17.2. The summed E-state index contributed by atoms with van der Waals surface area (Å²) < 4.78 is 9.85. The van der Waals surface area contributed by atoms with Gasteiger partial charge in [-0.15, -0.1) is 0 Å². The zero-order valence-electron chi connectivity index (χ0n) is 27.4. The minimum Gasteiger partial charge on any atom is -0.449 e. The number of hydrogen-bond acceptors (Lipinski definition) is 8. The second-order valence-corrected chi connectivity index (χ2v) is 13.1. The van der Waals surface area contributed by atoms with Crippen LogP contribution in [-0.4, -0.2) is 92.1 Å². The Morgan fingerprint density at radius 2 is 1.00 bits per heavy atom. The number of hydrogen-bond donors (Lipinski definition) is 4. The Balaban J connectivity index is 0.914. The van der Waals surface area contributed by atoms with Gasteiger partial charge in [-0.1, -0.05) is 48.5 Å². The van der Waals surface area contributed by atoms with Crippen molar-refractivity contribution in [2.24, 2.45) is 0 Å². The molecule has 2 unspecified atom stereocenters. The van der Waals surface area contributed by atoms with Crippen molar-refractivity contribution in [3.63, 3.8) is 0 Å². The number of nitrogens with zero attached hydrogens (tertiary/aromatic N) is 4. The molecule has 4 amide bonds. The third-order valence-corrected chi connectivity index (χ3v) is 10.1. The normalized spacial score (nSPS) is 23.6. The largest absolute Gasteiger partial charge is 0.449 e. The van der Waals surface area contributed by atoms with Crippen molar-refractivity contribution >= 4 is 24.0 Å². The molecule has 2 aromatic carbocycles. The number of H-pyrrole nitrogens is 2. The Labute approximate surface area is 287 Å². The number of ether oxygens (including phenoxy) is 2. The molecule has 4 aliphatic rings. The van der Waals surface area contributed by atoms with Gasteiger partial charge in [-0.05, 0) is 47.9 Å². The van der Waals surface area contributed by atoms with E-state index in [4.69, 9.17) is 9.47 Å². The summed E-state index contributed by atoms with van der Waals surface area (Å²) in [6, 6.07) is 15.0. The summed E-state index contributed by atoms with van der Waals surface area (Å²) in [5.41, 5.74) is 5.85. The number of alkyl carbamates (subject to hydrolysis) is 2. The minimum absolute atomic E-state index is 0.0964. The lowest BCUT2D eigenvalue weighted by atomic mass is 10.0. The fraction of sp³-hybridized carbons (Fsp3) is 0.389. The number of benzene rings is 2. The molecule has 4 aliphatic heterocycles. The maximum atomic E-state index is 13.2. The van der Waals surface area contributed by atoms with Gasteiger partial charge in [0.1, 0.15) is 23.7 Å².